The van der Waals surface area contributed by atoms with Crippen LogP contribution in [0.1, 0.15) is 23.8 Å². The van der Waals surface area contributed by atoms with Crippen LogP contribution in [0.2, 0.25) is 0 Å². The fraction of sp³-hybridized carbons (Fsp3) is 0.438. The lowest BCUT2D eigenvalue weighted by atomic mass is 10.1. The Morgan fingerprint density at radius 3 is 3.08 bits per heavy atom. The van der Waals surface area contributed by atoms with Crippen LogP contribution in [-0.2, 0) is 22.7 Å². The Bertz CT molecular complexity index is 732. The number of hydrogen-bond acceptors (Lipinski definition) is 7. The average molecular weight is 344 g/mol. The van der Waals surface area contributed by atoms with Crippen molar-refractivity contribution in [1.82, 2.24) is 30.7 Å². The number of carbonyl (C=O) groups is 2. The first kappa shape index (κ1) is 17.0. The summed E-state index contributed by atoms with van der Waals surface area (Å²) < 4.78 is 5.21. The van der Waals surface area contributed by atoms with Crippen LogP contribution in [0.15, 0.2) is 28.9 Å². The lowest BCUT2D eigenvalue weighted by molar-refractivity contribution is -0.134. The summed E-state index contributed by atoms with van der Waals surface area (Å²) in [5.74, 6) is 0.401. The van der Waals surface area contributed by atoms with Gasteiger partial charge in [-0.1, -0.05) is 6.07 Å². The Hall–Kier alpha value is -2.81. The van der Waals surface area contributed by atoms with Gasteiger partial charge < -0.3 is 15.1 Å². The third-order valence-electron chi connectivity index (χ3n) is 3.93. The molecule has 2 aromatic heterocycles. The van der Waals surface area contributed by atoms with Gasteiger partial charge in [0, 0.05) is 39.0 Å². The number of amides is 2. The van der Waals surface area contributed by atoms with Gasteiger partial charge in [0.15, 0.2) is 0 Å². The van der Waals surface area contributed by atoms with Gasteiger partial charge in [-0.05, 0) is 11.6 Å². The minimum absolute atomic E-state index is 0.0687. The zero-order valence-electron chi connectivity index (χ0n) is 13.9. The number of nitrogens with zero attached hydrogens (tertiary/aromatic N) is 4. The molecule has 132 valence electrons. The van der Waals surface area contributed by atoms with Crippen molar-refractivity contribution in [2.24, 2.45) is 0 Å². The summed E-state index contributed by atoms with van der Waals surface area (Å²) in [6.07, 6.45) is 3.54. The quantitative estimate of drug-likeness (QED) is 0.745. The molecule has 0 saturated carbocycles. The van der Waals surface area contributed by atoms with Gasteiger partial charge in [0.25, 0.3) is 0 Å². The van der Waals surface area contributed by atoms with Crippen molar-refractivity contribution in [3.8, 4) is 0 Å². The summed E-state index contributed by atoms with van der Waals surface area (Å²) in [7, 11) is 0. The van der Waals surface area contributed by atoms with Crippen LogP contribution in [0.5, 0.6) is 0 Å². The average Bonchev–Trinajstić information content (AvgIpc) is 3.02. The van der Waals surface area contributed by atoms with E-state index in [1.807, 2.05) is 17.0 Å². The van der Waals surface area contributed by atoms with Gasteiger partial charge in [0.05, 0.1) is 19.0 Å². The van der Waals surface area contributed by atoms with Gasteiger partial charge in [-0.3, -0.25) is 19.5 Å². The van der Waals surface area contributed by atoms with E-state index >= 15 is 0 Å². The van der Waals surface area contributed by atoms with Crippen molar-refractivity contribution >= 4 is 11.8 Å². The molecular formula is C16H20N6O3. The molecule has 1 aliphatic heterocycles. The number of piperazine rings is 1. The number of rotatable bonds is 6. The lowest BCUT2D eigenvalue weighted by Gasteiger charge is -2.34. The van der Waals surface area contributed by atoms with Crippen LogP contribution in [0, 0.1) is 6.92 Å². The van der Waals surface area contributed by atoms with Crippen LogP contribution >= 0.6 is 0 Å². The van der Waals surface area contributed by atoms with Crippen LogP contribution in [0.25, 0.3) is 0 Å². The van der Waals surface area contributed by atoms with Gasteiger partial charge in [-0.2, -0.15) is 0 Å². The molecule has 2 aromatic rings. The molecule has 9 nitrogen and oxygen atoms in total. The molecule has 0 bridgehead atoms. The first-order valence-electron chi connectivity index (χ1n) is 8.08. The number of carbonyl (C=O) groups excluding carboxylic acids is 2. The highest BCUT2D eigenvalue weighted by Crippen LogP contribution is 2.13. The molecule has 3 rings (SSSR count). The van der Waals surface area contributed by atoms with Crippen molar-refractivity contribution in [2.75, 3.05) is 13.1 Å². The fourth-order valence-corrected chi connectivity index (χ4v) is 2.73. The first-order chi connectivity index (χ1) is 12.1. The Labute approximate surface area is 144 Å². The molecule has 25 heavy (non-hydrogen) atoms. The Morgan fingerprint density at radius 2 is 2.36 bits per heavy atom. The van der Waals surface area contributed by atoms with Gasteiger partial charge in [-0.25, -0.2) is 0 Å². The summed E-state index contributed by atoms with van der Waals surface area (Å²) >= 11 is 0. The maximum Gasteiger partial charge on any atom is 0.237 e. The first-order valence-corrected chi connectivity index (χ1v) is 8.08. The number of aryl methyl sites for hydroxylation is 1. The topological polar surface area (TPSA) is 113 Å². The molecule has 0 aromatic carbocycles. The Morgan fingerprint density at radius 1 is 1.48 bits per heavy atom. The number of hydrogen-bond donors (Lipinski definition) is 2. The van der Waals surface area contributed by atoms with Gasteiger partial charge in [0.2, 0.25) is 23.6 Å². The van der Waals surface area contributed by atoms with E-state index in [1.54, 1.807) is 19.3 Å². The monoisotopic (exact) mass is 344 g/mol. The maximum atomic E-state index is 12.2. The highest BCUT2D eigenvalue weighted by molar-refractivity contribution is 5.88. The fourth-order valence-electron chi connectivity index (χ4n) is 2.73. The highest BCUT2D eigenvalue weighted by Gasteiger charge is 2.31. The second-order valence-electron chi connectivity index (χ2n) is 5.83. The van der Waals surface area contributed by atoms with Gasteiger partial charge in [0.1, 0.15) is 0 Å². The minimum atomic E-state index is -0.515. The molecule has 1 atom stereocenters. The summed E-state index contributed by atoms with van der Waals surface area (Å²) in [5, 5.41) is 13.1. The normalized spacial score (nSPS) is 18.0. The smallest absolute Gasteiger partial charge is 0.237 e. The van der Waals surface area contributed by atoms with Crippen LogP contribution in [0.4, 0.5) is 0 Å². The molecule has 1 saturated heterocycles. The van der Waals surface area contributed by atoms with Crippen LogP contribution < -0.4 is 10.6 Å². The van der Waals surface area contributed by atoms with Crippen molar-refractivity contribution in [3.63, 3.8) is 0 Å². The van der Waals surface area contributed by atoms with E-state index in [2.05, 4.69) is 25.8 Å². The zero-order valence-corrected chi connectivity index (χ0v) is 13.9. The standard InChI is InChI=1S/C16H20N6O3/c1-11-20-21-15(25-11)9-19-14(23)7-13-16(24)18-5-6-22(13)10-12-3-2-4-17-8-12/h2-4,8,13H,5-7,9-10H2,1H3,(H,18,24)(H,19,23)/t13-/m0/s1. The van der Waals surface area contributed by atoms with Gasteiger partial charge in [-0.15, -0.1) is 10.2 Å². The molecule has 9 heteroatoms. The maximum absolute atomic E-state index is 12.2. The molecule has 1 aliphatic rings. The largest absolute Gasteiger partial charge is 0.424 e. The minimum Gasteiger partial charge on any atom is -0.424 e. The lowest BCUT2D eigenvalue weighted by Crippen LogP contribution is -2.56. The van der Waals surface area contributed by atoms with Crippen LogP contribution in [0.3, 0.4) is 0 Å². The van der Waals surface area contributed by atoms with Crippen LogP contribution in [-0.4, -0.2) is 51.0 Å². The molecular weight excluding hydrogens is 324 g/mol. The zero-order chi connectivity index (χ0) is 17.6. The number of pyridine rings is 1. The second kappa shape index (κ2) is 7.84. The SMILES string of the molecule is Cc1nnc(CNC(=O)C[C@H]2C(=O)NCCN2Cc2cccnc2)o1. The number of nitrogens with one attached hydrogen (secondary N) is 2. The highest BCUT2D eigenvalue weighted by atomic mass is 16.4. The summed E-state index contributed by atoms with van der Waals surface area (Å²) in [4.78, 5) is 30.5. The van der Waals surface area contributed by atoms with E-state index in [0.29, 0.717) is 31.4 Å². The molecule has 0 spiro atoms. The predicted octanol–water partition coefficient (Wildman–Crippen LogP) is -0.220. The molecule has 0 unspecified atom stereocenters. The molecule has 2 N–H and O–H groups in total. The van der Waals surface area contributed by atoms with E-state index in [9.17, 15) is 9.59 Å². The summed E-state index contributed by atoms with van der Waals surface area (Å²) in [6, 6.07) is 3.29. The predicted molar refractivity (Wildman–Crippen MR) is 86.9 cm³/mol. The molecule has 2 amide bonds. The molecule has 3 heterocycles. The third kappa shape index (κ3) is 4.60. The Balaban J connectivity index is 1.58. The Kier molecular flexibility index (Phi) is 5.34. The second-order valence-corrected chi connectivity index (χ2v) is 5.83. The molecule has 1 fully saturated rings. The van der Waals surface area contributed by atoms with E-state index in [1.165, 1.54) is 0 Å². The third-order valence-corrected chi connectivity index (χ3v) is 3.93. The van der Waals surface area contributed by atoms with E-state index < -0.39 is 6.04 Å². The molecule has 0 radical (unpaired) electrons. The summed E-state index contributed by atoms with van der Waals surface area (Å²) in [5.41, 5.74) is 1.00. The summed E-state index contributed by atoms with van der Waals surface area (Å²) in [6.45, 7) is 3.65. The van der Waals surface area contributed by atoms with Crippen molar-refractivity contribution in [1.29, 1.82) is 0 Å². The van der Waals surface area contributed by atoms with Crippen molar-refractivity contribution < 1.29 is 14.0 Å². The van der Waals surface area contributed by atoms with E-state index in [4.69, 9.17) is 4.42 Å². The van der Waals surface area contributed by atoms with Crippen molar-refractivity contribution in [2.45, 2.75) is 32.5 Å². The van der Waals surface area contributed by atoms with E-state index in [0.717, 1.165) is 5.56 Å². The number of aromatic nitrogens is 3. The van der Waals surface area contributed by atoms with Crippen molar-refractivity contribution in [3.05, 3.63) is 41.9 Å². The molecule has 0 aliphatic carbocycles. The van der Waals surface area contributed by atoms with Gasteiger partial charge >= 0.3 is 0 Å². The van der Waals surface area contributed by atoms with E-state index in [-0.39, 0.29) is 24.8 Å².